The highest BCUT2D eigenvalue weighted by molar-refractivity contribution is 7.89. The van der Waals surface area contributed by atoms with E-state index in [-0.39, 0.29) is 49.8 Å². The van der Waals surface area contributed by atoms with Crippen LogP contribution in [0, 0.1) is 22.7 Å². The number of H-pyrrole nitrogens is 1. The Bertz CT molecular complexity index is 1760. The molecule has 0 aliphatic heterocycles. The largest absolute Gasteiger partial charge is 0.495 e. The summed E-state index contributed by atoms with van der Waals surface area (Å²) in [5.41, 5.74) is -4.23. The van der Waals surface area contributed by atoms with E-state index in [2.05, 4.69) is 15.9 Å². The van der Waals surface area contributed by atoms with Crippen LogP contribution in [0.4, 0.5) is 8.78 Å². The van der Waals surface area contributed by atoms with Crippen LogP contribution in [0.5, 0.6) is 17.2 Å². The lowest BCUT2D eigenvalue weighted by Gasteiger charge is -2.31. The fourth-order valence-electron chi connectivity index (χ4n) is 5.07. The second-order valence-corrected chi connectivity index (χ2v) is 12.0. The minimum absolute atomic E-state index is 0.0151. The minimum atomic E-state index is -4.09. The van der Waals surface area contributed by atoms with Gasteiger partial charge in [0.15, 0.2) is 11.4 Å². The number of hydrogen-bond donors (Lipinski definition) is 2. The Balaban J connectivity index is 1.45. The van der Waals surface area contributed by atoms with E-state index in [1.54, 1.807) is 4.98 Å². The lowest BCUT2D eigenvalue weighted by Crippen LogP contribution is -2.37. The Labute approximate surface area is 235 Å². The molecule has 3 aromatic rings. The van der Waals surface area contributed by atoms with E-state index in [9.17, 15) is 32.0 Å². The predicted octanol–water partition coefficient (Wildman–Crippen LogP) is 3.94. The summed E-state index contributed by atoms with van der Waals surface area (Å²) in [6.45, 7) is 0. The normalized spacial score (nSPS) is 21.6. The van der Waals surface area contributed by atoms with Crippen molar-refractivity contribution in [1.82, 2.24) is 19.5 Å². The van der Waals surface area contributed by atoms with Crippen molar-refractivity contribution in [2.75, 3.05) is 7.11 Å². The third-order valence-corrected chi connectivity index (χ3v) is 9.03. The Morgan fingerprint density at radius 1 is 1.20 bits per heavy atom. The van der Waals surface area contributed by atoms with Crippen LogP contribution >= 0.6 is 23.2 Å². The monoisotopic (exact) mass is 613 g/mol. The van der Waals surface area contributed by atoms with Gasteiger partial charge in [-0.15, -0.1) is 0 Å². The molecule has 2 bridgehead atoms. The third kappa shape index (κ3) is 4.94. The molecule has 2 aromatic carbocycles. The van der Waals surface area contributed by atoms with E-state index in [1.165, 1.54) is 25.3 Å². The molecular weight excluding hydrogens is 595 g/mol. The number of rotatable bonds is 8. The van der Waals surface area contributed by atoms with Gasteiger partial charge in [-0.05, 0) is 49.4 Å². The van der Waals surface area contributed by atoms with Crippen molar-refractivity contribution in [1.29, 1.82) is 5.26 Å². The summed E-state index contributed by atoms with van der Waals surface area (Å²) < 4.78 is 67.0. The van der Waals surface area contributed by atoms with E-state index in [0.717, 1.165) is 12.1 Å². The maximum atomic E-state index is 13.3. The van der Waals surface area contributed by atoms with Gasteiger partial charge < -0.3 is 9.47 Å². The Morgan fingerprint density at radius 2 is 1.88 bits per heavy atom. The number of nitrogens with zero attached hydrogens (tertiary/aromatic N) is 3. The van der Waals surface area contributed by atoms with Crippen LogP contribution in [-0.2, 0) is 10.0 Å². The van der Waals surface area contributed by atoms with Crippen molar-refractivity contribution in [3.8, 4) is 29.0 Å². The quantitative estimate of drug-likeness (QED) is 0.387. The number of alkyl halides is 2. The average Bonchev–Trinajstić information content (AvgIpc) is 3.39. The number of nitrogens with one attached hydrogen (secondary N) is 2. The molecule has 1 unspecified atom stereocenters. The molecule has 0 spiro atoms. The molecule has 1 atom stereocenters. The number of aromatic amines is 1. The van der Waals surface area contributed by atoms with Crippen LogP contribution in [0.1, 0.15) is 31.4 Å². The second kappa shape index (κ2) is 10.2. The Morgan fingerprint density at radius 3 is 2.45 bits per heavy atom. The fourth-order valence-corrected chi connectivity index (χ4v) is 7.11. The maximum Gasteiger partial charge on any atom is 0.349 e. The number of sulfonamides is 1. The Hall–Kier alpha value is -3.51. The standard InChI is InChI=1S/C24H19Cl2F2N5O6S/c1-38-17-3-2-13(6-18(17)40(36,37)32-16-9-24(10-29)7-11(16)8-24)39-20-14(25)4-12(5-15(20)26)33-23(35)30-22(34)19(31-33)21(27)28/h2-6,11,16,21,32H,7-9H2,1H3,(H,30,34,35). The smallest absolute Gasteiger partial charge is 0.349 e. The molecule has 16 heteroatoms. The topological polar surface area (TPSA) is 156 Å². The average molecular weight is 614 g/mol. The molecule has 6 rings (SSSR count). The van der Waals surface area contributed by atoms with Gasteiger partial charge in [-0.25, -0.2) is 26.7 Å². The molecule has 210 valence electrons. The van der Waals surface area contributed by atoms with Crippen molar-refractivity contribution in [2.45, 2.75) is 36.6 Å². The number of ether oxygens (including phenoxy) is 2. The lowest BCUT2D eigenvalue weighted by molar-refractivity contribution is 0.141. The minimum Gasteiger partial charge on any atom is -0.495 e. The number of hydrogen-bond acceptors (Lipinski definition) is 8. The molecule has 0 amide bonds. The van der Waals surface area contributed by atoms with Crippen LogP contribution in [0.15, 0.2) is 44.8 Å². The van der Waals surface area contributed by atoms with Gasteiger partial charge in [0.05, 0.1) is 34.3 Å². The van der Waals surface area contributed by atoms with Gasteiger partial charge in [-0.2, -0.15) is 15.0 Å². The number of nitriles is 1. The molecule has 0 radical (unpaired) electrons. The zero-order valence-electron chi connectivity index (χ0n) is 20.5. The second-order valence-electron chi connectivity index (χ2n) is 9.50. The number of methoxy groups -OCH3 is 1. The number of benzene rings is 2. The molecule has 11 nitrogen and oxygen atoms in total. The summed E-state index contributed by atoms with van der Waals surface area (Å²) in [6, 6.07) is 8.19. The molecule has 40 heavy (non-hydrogen) atoms. The molecule has 3 fully saturated rings. The van der Waals surface area contributed by atoms with Crippen molar-refractivity contribution in [2.24, 2.45) is 11.3 Å². The van der Waals surface area contributed by atoms with Gasteiger partial charge in [-0.1, -0.05) is 23.2 Å². The fraction of sp³-hybridized carbons (Fsp3) is 0.333. The molecule has 2 N–H and O–H groups in total. The molecule has 1 heterocycles. The first kappa shape index (κ1) is 28.0. The van der Waals surface area contributed by atoms with E-state index < -0.39 is 38.8 Å². The summed E-state index contributed by atoms with van der Waals surface area (Å²) in [6.07, 6.45) is -1.52. The van der Waals surface area contributed by atoms with Crippen LogP contribution in [0.25, 0.3) is 5.69 Å². The van der Waals surface area contributed by atoms with Crippen LogP contribution < -0.4 is 25.4 Å². The van der Waals surface area contributed by atoms with Crippen LogP contribution in [-0.4, -0.2) is 36.3 Å². The summed E-state index contributed by atoms with van der Waals surface area (Å²) in [7, 11) is -2.78. The van der Waals surface area contributed by atoms with Crippen LogP contribution in [0.3, 0.4) is 0 Å². The van der Waals surface area contributed by atoms with Crippen LogP contribution in [0.2, 0.25) is 10.0 Å². The highest BCUT2D eigenvalue weighted by Crippen LogP contribution is 2.58. The molecule has 3 aliphatic carbocycles. The van der Waals surface area contributed by atoms with Gasteiger partial charge in [0.1, 0.15) is 16.4 Å². The van der Waals surface area contributed by atoms with Crippen molar-refractivity contribution >= 4 is 33.2 Å². The molecule has 3 saturated carbocycles. The first-order valence-corrected chi connectivity index (χ1v) is 13.9. The Kier molecular flexibility index (Phi) is 7.11. The van der Waals surface area contributed by atoms with Gasteiger partial charge in [-0.3, -0.25) is 9.78 Å². The lowest BCUT2D eigenvalue weighted by atomic mass is 9.71. The van der Waals surface area contributed by atoms with E-state index in [0.29, 0.717) is 23.9 Å². The highest BCUT2D eigenvalue weighted by atomic mass is 35.5. The van der Waals surface area contributed by atoms with Crippen molar-refractivity contribution in [3.05, 3.63) is 66.9 Å². The van der Waals surface area contributed by atoms with Crippen molar-refractivity contribution < 1.29 is 26.7 Å². The van der Waals surface area contributed by atoms with E-state index in [1.807, 2.05) is 0 Å². The van der Waals surface area contributed by atoms with E-state index >= 15 is 0 Å². The SMILES string of the molecule is COc1ccc(Oc2c(Cl)cc(-n3nc(C(F)F)c(=O)[nH]c3=O)cc2Cl)cc1S(=O)(=O)NC1CC2(C#N)CC1C2. The number of fused-ring (bicyclic) bond motifs is 1. The highest BCUT2D eigenvalue weighted by Gasteiger charge is 2.57. The van der Waals surface area contributed by atoms with Gasteiger partial charge in [0.25, 0.3) is 12.0 Å². The summed E-state index contributed by atoms with van der Waals surface area (Å²) in [5, 5.41) is 12.4. The molecule has 1 aromatic heterocycles. The first-order valence-electron chi connectivity index (χ1n) is 11.7. The molecule has 0 saturated heterocycles. The summed E-state index contributed by atoms with van der Waals surface area (Å²) in [4.78, 5) is 25.3. The number of halogens is 4. The predicted molar refractivity (Wildman–Crippen MR) is 138 cm³/mol. The maximum absolute atomic E-state index is 13.3. The van der Waals surface area contributed by atoms with E-state index in [4.69, 9.17) is 32.7 Å². The van der Waals surface area contributed by atoms with Gasteiger partial charge in [0, 0.05) is 12.1 Å². The van der Waals surface area contributed by atoms with Gasteiger partial charge in [0.2, 0.25) is 10.0 Å². The molecular formula is C24H19Cl2F2N5O6S. The third-order valence-electron chi connectivity index (χ3n) is 6.96. The first-order chi connectivity index (χ1) is 18.9. The zero-order valence-corrected chi connectivity index (χ0v) is 22.8. The van der Waals surface area contributed by atoms with Gasteiger partial charge >= 0.3 is 5.69 Å². The molecule has 3 aliphatic rings. The number of aromatic nitrogens is 3. The summed E-state index contributed by atoms with van der Waals surface area (Å²) in [5.74, 6) is 0.0113. The van der Waals surface area contributed by atoms with Crippen molar-refractivity contribution in [3.63, 3.8) is 0 Å². The zero-order chi connectivity index (χ0) is 29.0. The summed E-state index contributed by atoms with van der Waals surface area (Å²) >= 11 is 12.6.